The highest BCUT2D eigenvalue weighted by molar-refractivity contribution is 5.66. The predicted octanol–water partition coefficient (Wildman–Crippen LogP) is 1.77. The van der Waals surface area contributed by atoms with Gasteiger partial charge in [0.2, 0.25) is 0 Å². The molecule has 0 unspecified atom stereocenters. The zero-order chi connectivity index (χ0) is 11.7. The van der Waals surface area contributed by atoms with Crippen LogP contribution in [-0.2, 0) is 4.79 Å². The van der Waals surface area contributed by atoms with E-state index in [1.807, 2.05) is 13.8 Å². The number of nitrogens with zero attached hydrogens (tertiary/aromatic N) is 1. The fourth-order valence-corrected chi connectivity index (χ4v) is 1.19. The standard InChI is InChI=1S/C11H20N2O2/c1-11(2,9-12)6-3-4-7-13-8-5-10(14)15/h13H,3-8H2,1-2H3,(H,14,15). The molecule has 0 aromatic heterocycles. The van der Waals surface area contributed by atoms with Crippen LogP contribution in [0.4, 0.5) is 0 Å². The topological polar surface area (TPSA) is 73.1 Å². The number of hydrogen-bond acceptors (Lipinski definition) is 3. The molecule has 4 heteroatoms. The van der Waals surface area contributed by atoms with Gasteiger partial charge in [-0.15, -0.1) is 0 Å². The van der Waals surface area contributed by atoms with Crippen LogP contribution in [0.25, 0.3) is 0 Å². The van der Waals surface area contributed by atoms with Crippen molar-refractivity contribution in [3.05, 3.63) is 0 Å². The number of rotatable bonds is 8. The lowest BCUT2D eigenvalue weighted by Crippen LogP contribution is -2.19. The van der Waals surface area contributed by atoms with E-state index >= 15 is 0 Å². The molecule has 0 aliphatic carbocycles. The van der Waals surface area contributed by atoms with Crippen molar-refractivity contribution < 1.29 is 9.90 Å². The van der Waals surface area contributed by atoms with E-state index in [-0.39, 0.29) is 11.8 Å². The van der Waals surface area contributed by atoms with Gasteiger partial charge in [0.25, 0.3) is 0 Å². The summed E-state index contributed by atoms with van der Waals surface area (Å²) in [5.41, 5.74) is -0.235. The molecule has 4 nitrogen and oxygen atoms in total. The average molecular weight is 212 g/mol. The van der Waals surface area contributed by atoms with Gasteiger partial charge in [0.05, 0.1) is 17.9 Å². The summed E-state index contributed by atoms with van der Waals surface area (Å²) in [6.07, 6.45) is 3.05. The van der Waals surface area contributed by atoms with Crippen LogP contribution in [0.15, 0.2) is 0 Å². The second kappa shape index (κ2) is 7.24. The Kier molecular flexibility index (Phi) is 6.72. The molecule has 86 valence electrons. The van der Waals surface area contributed by atoms with Gasteiger partial charge in [-0.05, 0) is 33.2 Å². The Bertz CT molecular complexity index is 231. The summed E-state index contributed by atoms with van der Waals surface area (Å²) in [6, 6.07) is 2.26. The van der Waals surface area contributed by atoms with Crippen molar-refractivity contribution in [1.29, 1.82) is 5.26 Å². The summed E-state index contributed by atoms with van der Waals surface area (Å²) < 4.78 is 0. The number of hydrogen-bond donors (Lipinski definition) is 2. The third-order valence-electron chi connectivity index (χ3n) is 2.22. The van der Waals surface area contributed by atoms with Crippen LogP contribution in [0.5, 0.6) is 0 Å². The number of nitrogens with one attached hydrogen (secondary N) is 1. The quantitative estimate of drug-likeness (QED) is 0.601. The summed E-state index contributed by atoms with van der Waals surface area (Å²) in [7, 11) is 0. The van der Waals surface area contributed by atoms with E-state index in [1.54, 1.807) is 0 Å². The SMILES string of the molecule is CC(C)(C#N)CCCCNCCC(=O)O. The van der Waals surface area contributed by atoms with Gasteiger partial charge in [-0.2, -0.15) is 5.26 Å². The summed E-state index contributed by atoms with van der Waals surface area (Å²) >= 11 is 0. The summed E-state index contributed by atoms with van der Waals surface area (Å²) in [5.74, 6) is -0.770. The number of unbranched alkanes of at least 4 members (excludes halogenated alkanes) is 1. The third kappa shape index (κ3) is 9.23. The maximum Gasteiger partial charge on any atom is 0.304 e. The molecule has 0 rings (SSSR count). The van der Waals surface area contributed by atoms with Crippen molar-refractivity contribution in [1.82, 2.24) is 5.32 Å². The zero-order valence-corrected chi connectivity index (χ0v) is 9.55. The van der Waals surface area contributed by atoms with E-state index < -0.39 is 5.97 Å². The van der Waals surface area contributed by atoms with Crippen LogP contribution in [0.3, 0.4) is 0 Å². The molecule has 0 radical (unpaired) electrons. The number of carboxylic acids is 1. The van der Waals surface area contributed by atoms with Gasteiger partial charge < -0.3 is 10.4 Å². The molecule has 0 aliphatic heterocycles. The normalized spacial score (nSPS) is 11.0. The highest BCUT2D eigenvalue weighted by Crippen LogP contribution is 2.21. The first-order valence-corrected chi connectivity index (χ1v) is 5.32. The second-order valence-corrected chi connectivity index (χ2v) is 4.35. The van der Waals surface area contributed by atoms with Gasteiger partial charge in [0, 0.05) is 6.54 Å². The Hall–Kier alpha value is -1.08. The minimum Gasteiger partial charge on any atom is -0.481 e. The first kappa shape index (κ1) is 13.9. The zero-order valence-electron chi connectivity index (χ0n) is 9.55. The number of aliphatic carboxylic acids is 1. The van der Waals surface area contributed by atoms with Gasteiger partial charge in [0.1, 0.15) is 0 Å². The molecule has 0 aromatic rings. The summed E-state index contributed by atoms with van der Waals surface area (Å²) in [4.78, 5) is 10.2. The average Bonchev–Trinajstić information content (AvgIpc) is 2.16. The van der Waals surface area contributed by atoms with E-state index in [0.717, 1.165) is 25.8 Å². The Morgan fingerprint density at radius 2 is 2.07 bits per heavy atom. The number of carboxylic acid groups (broad SMARTS) is 1. The minimum atomic E-state index is -0.770. The number of nitriles is 1. The van der Waals surface area contributed by atoms with Crippen LogP contribution in [0.2, 0.25) is 0 Å². The van der Waals surface area contributed by atoms with Crippen molar-refractivity contribution in [2.24, 2.45) is 5.41 Å². The van der Waals surface area contributed by atoms with Crippen LogP contribution >= 0.6 is 0 Å². The first-order chi connectivity index (χ1) is 6.98. The largest absolute Gasteiger partial charge is 0.481 e. The van der Waals surface area contributed by atoms with Gasteiger partial charge in [-0.3, -0.25) is 4.79 Å². The van der Waals surface area contributed by atoms with Crippen molar-refractivity contribution in [3.8, 4) is 6.07 Å². The van der Waals surface area contributed by atoms with E-state index in [2.05, 4.69) is 11.4 Å². The highest BCUT2D eigenvalue weighted by atomic mass is 16.4. The molecular weight excluding hydrogens is 192 g/mol. The minimum absolute atomic E-state index is 0.170. The molecule has 2 N–H and O–H groups in total. The molecule has 0 bridgehead atoms. The summed E-state index contributed by atoms with van der Waals surface area (Å²) in [6.45, 7) is 5.22. The third-order valence-corrected chi connectivity index (χ3v) is 2.22. The second-order valence-electron chi connectivity index (χ2n) is 4.35. The molecule has 0 atom stereocenters. The van der Waals surface area contributed by atoms with Crippen LogP contribution in [0, 0.1) is 16.7 Å². The van der Waals surface area contributed by atoms with Gasteiger partial charge in [0.15, 0.2) is 0 Å². The molecule has 0 aromatic carbocycles. The Labute approximate surface area is 91.3 Å². The van der Waals surface area contributed by atoms with E-state index in [9.17, 15) is 4.79 Å². The van der Waals surface area contributed by atoms with E-state index in [4.69, 9.17) is 10.4 Å². The first-order valence-electron chi connectivity index (χ1n) is 5.32. The van der Waals surface area contributed by atoms with Crippen molar-refractivity contribution >= 4 is 5.97 Å². The van der Waals surface area contributed by atoms with Crippen molar-refractivity contribution in [2.75, 3.05) is 13.1 Å². The van der Waals surface area contributed by atoms with E-state index in [0.29, 0.717) is 6.54 Å². The fraction of sp³-hybridized carbons (Fsp3) is 0.818. The predicted molar refractivity (Wildman–Crippen MR) is 58.4 cm³/mol. The molecule has 0 aliphatic rings. The lowest BCUT2D eigenvalue weighted by atomic mass is 9.89. The maximum atomic E-state index is 10.2. The lowest BCUT2D eigenvalue weighted by Gasteiger charge is -2.14. The molecule has 0 amide bonds. The summed E-state index contributed by atoms with van der Waals surface area (Å²) in [5, 5.41) is 20.2. The Morgan fingerprint density at radius 1 is 1.40 bits per heavy atom. The van der Waals surface area contributed by atoms with Crippen LogP contribution in [-0.4, -0.2) is 24.2 Å². The van der Waals surface area contributed by atoms with Gasteiger partial charge >= 0.3 is 5.97 Å². The van der Waals surface area contributed by atoms with Gasteiger partial charge in [-0.25, -0.2) is 0 Å². The van der Waals surface area contributed by atoms with Crippen LogP contribution in [0.1, 0.15) is 39.5 Å². The molecular formula is C11H20N2O2. The maximum absolute atomic E-state index is 10.2. The number of carbonyl (C=O) groups is 1. The molecule has 0 heterocycles. The molecule has 0 fully saturated rings. The molecule has 0 spiro atoms. The Morgan fingerprint density at radius 3 is 2.60 bits per heavy atom. The highest BCUT2D eigenvalue weighted by Gasteiger charge is 2.14. The van der Waals surface area contributed by atoms with Gasteiger partial charge in [-0.1, -0.05) is 6.42 Å². The smallest absolute Gasteiger partial charge is 0.304 e. The van der Waals surface area contributed by atoms with E-state index in [1.165, 1.54) is 0 Å². The van der Waals surface area contributed by atoms with Crippen LogP contribution < -0.4 is 5.32 Å². The monoisotopic (exact) mass is 212 g/mol. The fourth-order valence-electron chi connectivity index (χ4n) is 1.19. The van der Waals surface area contributed by atoms with Crippen molar-refractivity contribution in [3.63, 3.8) is 0 Å². The molecule has 0 saturated carbocycles. The molecule has 0 saturated heterocycles. The lowest BCUT2D eigenvalue weighted by molar-refractivity contribution is -0.136. The Balaban J connectivity index is 3.26. The molecule has 15 heavy (non-hydrogen) atoms. The van der Waals surface area contributed by atoms with Crippen molar-refractivity contribution in [2.45, 2.75) is 39.5 Å².